The number of carbonyl (C=O) groups is 4. The highest BCUT2D eigenvalue weighted by Crippen LogP contribution is 2.56. The van der Waals surface area contributed by atoms with Crippen LogP contribution in [0.4, 0.5) is 0 Å². The van der Waals surface area contributed by atoms with E-state index in [1.54, 1.807) is 25.1 Å². The second-order valence-electron chi connectivity index (χ2n) is 10.2. The monoisotopic (exact) mass is 557 g/mol. The van der Waals surface area contributed by atoms with Crippen molar-refractivity contribution < 1.29 is 24.3 Å². The molecule has 7 heteroatoms. The first kappa shape index (κ1) is 23.8. The third-order valence-corrected chi connectivity index (χ3v) is 8.63. The number of likely N-dealkylation sites (tertiary alicyclic amines) is 1. The number of ketones is 2. The molecule has 2 aromatic carbocycles. The van der Waals surface area contributed by atoms with E-state index in [1.807, 2.05) is 36.4 Å². The van der Waals surface area contributed by atoms with Crippen molar-refractivity contribution >= 4 is 39.3 Å². The van der Waals surface area contributed by atoms with Crippen molar-refractivity contribution in [1.82, 2.24) is 4.90 Å². The van der Waals surface area contributed by atoms with Gasteiger partial charge in [0.1, 0.15) is 5.75 Å². The fourth-order valence-corrected chi connectivity index (χ4v) is 6.86. The van der Waals surface area contributed by atoms with E-state index in [-0.39, 0.29) is 42.1 Å². The van der Waals surface area contributed by atoms with E-state index in [4.69, 9.17) is 0 Å². The Morgan fingerprint density at radius 1 is 1.00 bits per heavy atom. The molecule has 1 fully saturated rings. The minimum absolute atomic E-state index is 0.00905. The Hall–Kier alpha value is -3.58. The largest absolute Gasteiger partial charge is 0.508 e. The van der Waals surface area contributed by atoms with Gasteiger partial charge in [-0.3, -0.25) is 24.1 Å². The third-order valence-electron chi connectivity index (χ3n) is 8.14. The molecule has 0 aromatic heterocycles. The molecule has 6 nitrogen and oxygen atoms in total. The number of hydrogen-bond acceptors (Lipinski definition) is 5. The molecule has 1 aliphatic heterocycles. The summed E-state index contributed by atoms with van der Waals surface area (Å²) in [5, 5.41) is 10.8. The highest BCUT2D eigenvalue weighted by molar-refractivity contribution is 9.10. The van der Waals surface area contributed by atoms with Crippen molar-refractivity contribution in [2.24, 2.45) is 17.8 Å². The Morgan fingerprint density at radius 2 is 1.76 bits per heavy atom. The molecule has 186 valence electrons. The second-order valence-corrected chi connectivity index (χ2v) is 11.1. The van der Waals surface area contributed by atoms with Crippen LogP contribution in [-0.2, 0) is 25.7 Å². The van der Waals surface area contributed by atoms with E-state index in [0.717, 1.165) is 15.6 Å². The van der Waals surface area contributed by atoms with Crippen LogP contribution in [0.25, 0.3) is 0 Å². The minimum Gasteiger partial charge on any atom is -0.508 e. The first-order valence-corrected chi connectivity index (χ1v) is 13.1. The summed E-state index contributed by atoms with van der Waals surface area (Å²) in [6.07, 6.45) is 3.92. The first-order chi connectivity index (χ1) is 17.8. The molecule has 1 saturated heterocycles. The molecule has 0 radical (unpaired) electrons. The van der Waals surface area contributed by atoms with Crippen LogP contribution < -0.4 is 0 Å². The fourth-order valence-electron chi connectivity index (χ4n) is 6.48. The van der Waals surface area contributed by atoms with Crippen LogP contribution in [0.2, 0.25) is 0 Å². The van der Waals surface area contributed by atoms with Gasteiger partial charge < -0.3 is 5.11 Å². The van der Waals surface area contributed by atoms with E-state index >= 15 is 0 Å². The number of allylic oxidation sites excluding steroid dienone is 6. The summed E-state index contributed by atoms with van der Waals surface area (Å²) in [5.41, 5.74) is 3.31. The molecule has 0 bridgehead atoms. The molecule has 1 heterocycles. The molecule has 4 aliphatic rings. The van der Waals surface area contributed by atoms with Gasteiger partial charge in [0.05, 0.1) is 18.4 Å². The Bertz CT molecular complexity index is 1480. The normalized spacial score (nSPS) is 27.0. The van der Waals surface area contributed by atoms with Gasteiger partial charge in [0.25, 0.3) is 0 Å². The lowest BCUT2D eigenvalue weighted by molar-refractivity contribution is -0.140. The number of halogens is 1. The summed E-state index contributed by atoms with van der Waals surface area (Å²) < 4.78 is 0.723. The summed E-state index contributed by atoms with van der Waals surface area (Å²) in [7, 11) is 0. The van der Waals surface area contributed by atoms with Gasteiger partial charge in [-0.25, -0.2) is 0 Å². The van der Waals surface area contributed by atoms with E-state index in [1.165, 1.54) is 11.0 Å². The molecular weight excluding hydrogens is 534 g/mol. The van der Waals surface area contributed by atoms with Crippen molar-refractivity contribution in [3.05, 3.63) is 98.6 Å². The summed E-state index contributed by atoms with van der Waals surface area (Å²) in [6, 6.07) is 14.4. The lowest BCUT2D eigenvalue weighted by Gasteiger charge is -2.42. The minimum atomic E-state index is -0.668. The van der Waals surface area contributed by atoms with E-state index in [0.29, 0.717) is 28.7 Å². The molecule has 1 N–H and O–H groups in total. The van der Waals surface area contributed by atoms with Gasteiger partial charge in [-0.1, -0.05) is 57.9 Å². The number of phenolic OH excluding ortho intramolecular Hbond substituents is 1. The first-order valence-electron chi connectivity index (χ1n) is 12.3. The summed E-state index contributed by atoms with van der Waals surface area (Å²) in [5.74, 6) is -3.10. The number of amides is 2. The molecule has 37 heavy (non-hydrogen) atoms. The molecular formula is C30H24BrNO5. The summed E-state index contributed by atoms with van der Waals surface area (Å²) in [4.78, 5) is 55.2. The van der Waals surface area contributed by atoms with Crippen LogP contribution in [0.1, 0.15) is 36.8 Å². The van der Waals surface area contributed by atoms with Gasteiger partial charge >= 0.3 is 0 Å². The predicted octanol–water partition coefficient (Wildman–Crippen LogP) is 4.78. The highest BCUT2D eigenvalue weighted by atomic mass is 79.9. The molecule has 4 unspecified atom stereocenters. The maximum atomic E-state index is 13.8. The molecule has 4 atom stereocenters. The van der Waals surface area contributed by atoms with Crippen molar-refractivity contribution in [2.45, 2.75) is 32.2 Å². The number of imide groups is 1. The van der Waals surface area contributed by atoms with Gasteiger partial charge in [-0.2, -0.15) is 0 Å². The maximum absolute atomic E-state index is 13.8. The zero-order chi connectivity index (χ0) is 26.0. The number of hydrogen-bond donors (Lipinski definition) is 1. The van der Waals surface area contributed by atoms with E-state index < -0.39 is 23.7 Å². The zero-order valence-corrected chi connectivity index (χ0v) is 21.7. The number of fused-ring (bicyclic) bond motifs is 3. The van der Waals surface area contributed by atoms with Crippen LogP contribution in [0.15, 0.2) is 87.4 Å². The molecule has 0 spiro atoms. The van der Waals surface area contributed by atoms with E-state index in [2.05, 4.69) is 15.9 Å². The molecule has 3 aliphatic carbocycles. The van der Waals surface area contributed by atoms with Crippen molar-refractivity contribution in [2.75, 3.05) is 0 Å². The summed E-state index contributed by atoms with van der Waals surface area (Å²) in [6.45, 7) is 1.83. The van der Waals surface area contributed by atoms with Crippen LogP contribution >= 0.6 is 15.9 Å². The number of nitrogens with zero attached hydrogens (tertiary/aromatic N) is 1. The molecule has 6 rings (SSSR count). The van der Waals surface area contributed by atoms with Crippen molar-refractivity contribution in [3.63, 3.8) is 0 Å². The maximum Gasteiger partial charge on any atom is 0.234 e. The smallest absolute Gasteiger partial charge is 0.234 e. The average molecular weight is 558 g/mol. The van der Waals surface area contributed by atoms with Gasteiger partial charge in [0.2, 0.25) is 11.8 Å². The Morgan fingerprint density at radius 3 is 2.51 bits per heavy atom. The molecule has 2 amide bonds. The Labute approximate surface area is 222 Å². The molecule has 0 saturated carbocycles. The third kappa shape index (κ3) is 3.67. The second kappa shape index (κ2) is 8.77. The Balaban J connectivity index is 1.47. The van der Waals surface area contributed by atoms with Crippen LogP contribution in [-0.4, -0.2) is 33.4 Å². The van der Waals surface area contributed by atoms with Gasteiger partial charge in [0.15, 0.2) is 11.6 Å². The topological polar surface area (TPSA) is 91.8 Å². The van der Waals surface area contributed by atoms with Gasteiger partial charge in [-0.05, 0) is 55.5 Å². The van der Waals surface area contributed by atoms with Crippen molar-refractivity contribution in [3.8, 4) is 5.75 Å². The average Bonchev–Trinajstić information content (AvgIpc) is 3.13. The Kier molecular flexibility index (Phi) is 5.64. The zero-order valence-electron chi connectivity index (χ0n) is 20.1. The SMILES string of the molecule is CC1=CC(=O)C2=C(CC3C(=CCC4C(=O)N(Cc5ccccc5)C(=O)C43)C2c2cc(Br)ccc2O)C1=O. The fraction of sp³-hybridized carbons (Fsp3) is 0.267. The highest BCUT2D eigenvalue weighted by Gasteiger charge is 2.56. The summed E-state index contributed by atoms with van der Waals surface area (Å²) >= 11 is 3.46. The molecule has 2 aromatic rings. The van der Waals surface area contributed by atoms with Crippen molar-refractivity contribution in [1.29, 1.82) is 0 Å². The predicted molar refractivity (Wildman–Crippen MR) is 139 cm³/mol. The number of rotatable bonds is 3. The van der Waals surface area contributed by atoms with E-state index in [9.17, 15) is 24.3 Å². The van der Waals surface area contributed by atoms with Gasteiger partial charge in [-0.15, -0.1) is 0 Å². The standard InChI is InChI=1S/C30H24BrNO5/c1-15-11-24(34)27-22(28(15)35)13-20-18(25(27)21-12-17(31)7-10-23(21)33)8-9-19-26(20)30(37)32(29(19)36)14-16-5-3-2-4-6-16/h2-8,10-12,19-20,25-26,33H,9,13-14H2,1H3. The number of Topliss-reactive ketones (excluding diaryl/α,β-unsaturated/α-hetero) is 1. The lowest BCUT2D eigenvalue weighted by Crippen LogP contribution is -2.39. The van der Waals surface area contributed by atoms with Crippen LogP contribution in [0.5, 0.6) is 5.75 Å². The number of benzene rings is 2. The number of carbonyl (C=O) groups excluding carboxylic acids is 4. The number of phenols is 1. The van der Waals surface area contributed by atoms with Crippen LogP contribution in [0.3, 0.4) is 0 Å². The number of aromatic hydroxyl groups is 1. The lowest BCUT2D eigenvalue weighted by atomic mass is 9.59. The quantitative estimate of drug-likeness (QED) is 0.333. The van der Waals surface area contributed by atoms with Gasteiger partial charge in [0, 0.05) is 32.7 Å². The van der Waals surface area contributed by atoms with Crippen LogP contribution in [0, 0.1) is 17.8 Å².